The van der Waals surface area contributed by atoms with Crippen molar-refractivity contribution >= 4 is 6.29 Å². The zero-order chi connectivity index (χ0) is 11.8. The minimum atomic E-state index is 0.371. The molecule has 0 aromatic heterocycles. The van der Waals surface area contributed by atoms with Crippen molar-refractivity contribution in [3.63, 3.8) is 0 Å². The number of hydrogen-bond acceptors (Lipinski definition) is 2. The average Bonchev–Trinajstić information content (AvgIpc) is 2.71. The van der Waals surface area contributed by atoms with Crippen LogP contribution in [0.5, 0.6) is 0 Å². The summed E-state index contributed by atoms with van der Waals surface area (Å²) in [4.78, 5) is 13.8. The Morgan fingerprint density at radius 1 is 1.06 bits per heavy atom. The summed E-state index contributed by atoms with van der Waals surface area (Å²) < 4.78 is 0. The molecule has 0 aromatic carbocycles. The second-order valence-electron chi connectivity index (χ2n) is 6.29. The molecule has 3 aliphatic rings. The summed E-state index contributed by atoms with van der Waals surface area (Å²) in [6.07, 6.45) is 10.5. The van der Waals surface area contributed by atoms with Gasteiger partial charge >= 0.3 is 0 Å². The Hall–Kier alpha value is -0.370. The third-order valence-electron chi connectivity index (χ3n) is 5.64. The highest BCUT2D eigenvalue weighted by atomic mass is 16.1. The van der Waals surface area contributed by atoms with E-state index in [-0.39, 0.29) is 0 Å². The van der Waals surface area contributed by atoms with Crippen LogP contribution in [0, 0.1) is 17.8 Å². The van der Waals surface area contributed by atoms with Gasteiger partial charge in [-0.3, -0.25) is 4.90 Å². The van der Waals surface area contributed by atoms with Crippen LogP contribution in [0.1, 0.15) is 51.9 Å². The van der Waals surface area contributed by atoms with Gasteiger partial charge in [-0.25, -0.2) is 0 Å². The van der Waals surface area contributed by atoms with Gasteiger partial charge in [0.2, 0.25) is 0 Å². The standard InChI is InChI=1S/C15H25NO/c1-2-16-14-6-4-3-5-12(14)13-9-11(10-17)7-8-15(13)16/h10-15H,2-9H2,1H3. The van der Waals surface area contributed by atoms with E-state index in [1.165, 1.54) is 51.4 Å². The number of hydrogen-bond donors (Lipinski definition) is 0. The van der Waals surface area contributed by atoms with Crippen molar-refractivity contribution in [1.82, 2.24) is 4.90 Å². The highest BCUT2D eigenvalue weighted by Crippen LogP contribution is 2.49. The Kier molecular flexibility index (Phi) is 3.25. The molecule has 0 amide bonds. The Bertz CT molecular complexity index is 285. The SMILES string of the molecule is CCN1C2CCCCC2C2CC(C=O)CCC21. The van der Waals surface area contributed by atoms with Gasteiger partial charge in [0, 0.05) is 18.0 Å². The molecule has 2 nitrogen and oxygen atoms in total. The molecule has 96 valence electrons. The van der Waals surface area contributed by atoms with Crippen LogP contribution in [0.3, 0.4) is 0 Å². The molecule has 5 atom stereocenters. The molecule has 0 radical (unpaired) electrons. The van der Waals surface area contributed by atoms with Gasteiger partial charge in [0.05, 0.1) is 0 Å². The molecule has 5 unspecified atom stereocenters. The summed E-state index contributed by atoms with van der Waals surface area (Å²) in [5.41, 5.74) is 0. The van der Waals surface area contributed by atoms with Crippen molar-refractivity contribution in [1.29, 1.82) is 0 Å². The molecular formula is C15H25NO. The van der Waals surface area contributed by atoms with E-state index in [1.54, 1.807) is 0 Å². The number of likely N-dealkylation sites (tertiary alicyclic amines) is 1. The molecular weight excluding hydrogens is 210 g/mol. The highest BCUT2D eigenvalue weighted by Gasteiger charge is 2.50. The molecule has 2 saturated carbocycles. The van der Waals surface area contributed by atoms with Crippen molar-refractivity contribution in [2.24, 2.45) is 17.8 Å². The maximum absolute atomic E-state index is 11.0. The molecule has 3 rings (SSSR count). The van der Waals surface area contributed by atoms with E-state index >= 15 is 0 Å². The van der Waals surface area contributed by atoms with Gasteiger partial charge in [-0.1, -0.05) is 19.8 Å². The van der Waals surface area contributed by atoms with Gasteiger partial charge in [-0.2, -0.15) is 0 Å². The van der Waals surface area contributed by atoms with E-state index in [9.17, 15) is 4.79 Å². The molecule has 1 heterocycles. The highest BCUT2D eigenvalue weighted by molar-refractivity contribution is 5.53. The largest absolute Gasteiger partial charge is 0.303 e. The molecule has 1 saturated heterocycles. The minimum Gasteiger partial charge on any atom is -0.303 e. The molecule has 0 N–H and O–H groups in total. The van der Waals surface area contributed by atoms with Crippen LogP contribution < -0.4 is 0 Å². The normalized spacial score (nSPS) is 46.3. The predicted molar refractivity (Wildman–Crippen MR) is 68.8 cm³/mol. The zero-order valence-electron chi connectivity index (χ0n) is 11.0. The van der Waals surface area contributed by atoms with Crippen LogP contribution in [0.25, 0.3) is 0 Å². The van der Waals surface area contributed by atoms with Crippen LogP contribution >= 0.6 is 0 Å². The van der Waals surface area contributed by atoms with Gasteiger partial charge in [-0.05, 0) is 50.5 Å². The molecule has 17 heavy (non-hydrogen) atoms. The predicted octanol–water partition coefficient (Wildman–Crippen LogP) is 2.86. The number of carbonyl (C=O) groups is 1. The van der Waals surface area contributed by atoms with Crippen molar-refractivity contribution in [3.05, 3.63) is 0 Å². The van der Waals surface area contributed by atoms with E-state index in [1.807, 2.05) is 0 Å². The molecule has 0 bridgehead atoms. The first-order valence-corrected chi connectivity index (χ1v) is 7.56. The van der Waals surface area contributed by atoms with Crippen molar-refractivity contribution in [2.45, 2.75) is 64.0 Å². The fourth-order valence-electron chi connectivity index (χ4n) is 4.99. The first kappa shape index (κ1) is 11.7. The first-order valence-electron chi connectivity index (χ1n) is 7.56. The van der Waals surface area contributed by atoms with Crippen LogP contribution in [0.15, 0.2) is 0 Å². The summed E-state index contributed by atoms with van der Waals surface area (Å²) in [5.74, 6) is 2.12. The van der Waals surface area contributed by atoms with Gasteiger partial charge in [0.1, 0.15) is 6.29 Å². The van der Waals surface area contributed by atoms with Gasteiger partial charge in [0.25, 0.3) is 0 Å². The number of rotatable bonds is 2. The summed E-state index contributed by atoms with van der Waals surface area (Å²) in [6.45, 7) is 3.54. The van der Waals surface area contributed by atoms with E-state index < -0.39 is 0 Å². The maximum Gasteiger partial charge on any atom is 0.123 e. The second-order valence-corrected chi connectivity index (χ2v) is 6.29. The third kappa shape index (κ3) is 1.85. The lowest BCUT2D eigenvalue weighted by Crippen LogP contribution is -2.40. The molecule has 2 heteroatoms. The Morgan fingerprint density at radius 2 is 1.82 bits per heavy atom. The molecule has 2 aliphatic carbocycles. The first-order chi connectivity index (χ1) is 8.35. The zero-order valence-corrected chi connectivity index (χ0v) is 11.0. The quantitative estimate of drug-likeness (QED) is 0.686. The van der Waals surface area contributed by atoms with Gasteiger partial charge in [0.15, 0.2) is 0 Å². The number of aldehydes is 1. The second kappa shape index (κ2) is 4.72. The fraction of sp³-hybridized carbons (Fsp3) is 0.933. The molecule has 0 spiro atoms. The Balaban J connectivity index is 1.81. The lowest BCUT2D eigenvalue weighted by molar-refractivity contribution is -0.112. The van der Waals surface area contributed by atoms with Crippen molar-refractivity contribution < 1.29 is 4.79 Å². The van der Waals surface area contributed by atoms with E-state index in [0.717, 1.165) is 30.3 Å². The number of carbonyl (C=O) groups excluding carboxylic acids is 1. The summed E-state index contributed by atoms with van der Waals surface area (Å²) in [6, 6.07) is 1.67. The number of fused-ring (bicyclic) bond motifs is 3. The van der Waals surface area contributed by atoms with Crippen LogP contribution in [-0.2, 0) is 4.79 Å². The van der Waals surface area contributed by atoms with Crippen LogP contribution in [0.4, 0.5) is 0 Å². The van der Waals surface area contributed by atoms with Crippen LogP contribution in [-0.4, -0.2) is 29.8 Å². The maximum atomic E-state index is 11.0. The lowest BCUT2D eigenvalue weighted by atomic mass is 9.71. The van der Waals surface area contributed by atoms with E-state index in [2.05, 4.69) is 11.8 Å². The Morgan fingerprint density at radius 3 is 2.59 bits per heavy atom. The monoisotopic (exact) mass is 235 g/mol. The average molecular weight is 235 g/mol. The summed E-state index contributed by atoms with van der Waals surface area (Å²) in [5, 5.41) is 0. The van der Waals surface area contributed by atoms with E-state index in [4.69, 9.17) is 0 Å². The van der Waals surface area contributed by atoms with Crippen molar-refractivity contribution in [2.75, 3.05) is 6.54 Å². The van der Waals surface area contributed by atoms with E-state index in [0.29, 0.717) is 5.92 Å². The van der Waals surface area contributed by atoms with Gasteiger partial charge in [-0.15, -0.1) is 0 Å². The third-order valence-corrected chi connectivity index (χ3v) is 5.64. The Labute approximate surface area is 105 Å². The topological polar surface area (TPSA) is 20.3 Å². The summed E-state index contributed by atoms with van der Waals surface area (Å²) >= 11 is 0. The molecule has 3 fully saturated rings. The van der Waals surface area contributed by atoms with Gasteiger partial charge < -0.3 is 4.79 Å². The molecule has 1 aliphatic heterocycles. The number of nitrogens with zero attached hydrogens (tertiary/aromatic N) is 1. The summed E-state index contributed by atoms with van der Waals surface area (Å²) in [7, 11) is 0. The van der Waals surface area contributed by atoms with Crippen molar-refractivity contribution in [3.8, 4) is 0 Å². The van der Waals surface area contributed by atoms with Crippen LogP contribution in [0.2, 0.25) is 0 Å². The molecule has 0 aromatic rings. The minimum absolute atomic E-state index is 0.371. The fourth-order valence-corrected chi connectivity index (χ4v) is 4.99. The smallest absolute Gasteiger partial charge is 0.123 e. The lowest BCUT2D eigenvalue weighted by Gasteiger charge is -2.34.